The second-order valence-electron chi connectivity index (χ2n) is 5.90. The lowest BCUT2D eigenvalue weighted by Gasteiger charge is -2.32. The van der Waals surface area contributed by atoms with E-state index >= 15 is 0 Å². The molecule has 0 bridgehead atoms. The SMILES string of the molecule is COc1ccc(C)c2c1N(C(=O)c1ccc(Br)c([N+](=O)[O-])c1)CCC2. The highest BCUT2D eigenvalue weighted by Gasteiger charge is 2.29. The number of hydrogen-bond acceptors (Lipinski definition) is 4. The largest absolute Gasteiger partial charge is 0.495 e. The molecule has 25 heavy (non-hydrogen) atoms. The lowest BCUT2D eigenvalue weighted by molar-refractivity contribution is -0.385. The van der Waals surface area contributed by atoms with Gasteiger partial charge in [-0.05, 0) is 65.0 Å². The zero-order valence-electron chi connectivity index (χ0n) is 13.9. The molecule has 0 spiro atoms. The Hall–Kier alpha value is -2.41. The molecular formula is C18H17BrN2O4. The fourth-order valence-electron chi connectivity index (χ4n) is 3.16. The maximum atomic E-state index is 13.1. The summed E-state index contributed by atoms with van der Waals surface area (Å²) in [5.74, 6) is 0.376. The number of amides is 1. The van der Waals surface area contributed by atoms with Crippen molar-refractivity contribution in [3.8, 4) is 5.75 Å². The number of nitro benzene ring substituents is 1. The van der Waals surface area contributed by atoms with Gasteiger partial charge in [0.15, 0.2) is 0 Å². The van der Waals surface area contributed by atoms with Crippen molar-refractivity contribution in [3.05, 3.63) is 61.6 Å². The second-order valence-corrected chi connectivity index (χ2v) is 6.75. The first-order chi connectivity index (χ1) is 11.9. The summed E-state index contributed by atoms with van der Waals surface area (Å²) in [6.07, 6.45) is 1.72. The van der Waals surface area contributed by atoms with Gasteiger partial charge in [-0.25, -0.2) is 0 Å². The van der Waals surface area contributed by atoms with E-state index in [1.54, 1.807) is 18.1 Å². The summed E-state index contributed by atoms with van der Waals surface area (Å²) >= 11 is 3.15. The number of halogens is 1. The van der Waals surface area contributed by atoms with Crippen LogP contribution in [-0.4, -0.2) is 24.5 Å². The molecule has 0 atom stereocenters. The van der Waals surface area contributed by atoms with E-state index in [4.69, 9.17) is 4.74 Å². The Kier molecular flexibility index (Phi) is 4.76. The fourth-order valence-corrected chi connectivity index (χ4v) is 3.55. The fraction of sp³-hybridized carbons (Fsp3) is 0.278. The van der Waals surface area contributed by atoms with Crippen molar-refractivity contribution in [1.29, 1.82) is 0 Å². The van der Waals surface area contributed by atoms with Crippen molar-refractivity contribution in [3.63, 3.8) is 0 Å². The Morgan fingerprint density at radius 2 is 2.08 bits per heavy atom. The van der Waals surface area contributed by atoms with Gasteiger partial charge in [0, 0.05) is 18.2 Å². The maximum Gasteiger partial charge on any atom is 0.284 e. The van der Waals surface area contributed by atoms with E-state index in [-0.39, 0.29) is 17.2 Å². The number of aryl methyl sites for hydroxylation is 1. The number of benzene rings is 2. The average Bonchev–Trinajstić information content (AvgIpc) is 2.61. The van der Waals surface area contributed by atoms with Crippen LogP contribution in [0, 0.1) is 17.0 Å². The zero-order chi connectivity index (χ0) is 18.1. The van der Waals surface area contributed by atoms with Gasteiger partial charge < -0.3 is 9.64 Å². The lowest BCUT2D eigenvalue weighted by atomic mass is 9.95. The molecule has 0 saturated carbocycles. The molecule has 0 unspecified atom stereocenters. The molecule has 1 aliphatic rings. The summed E-state index contributed by atoms with van der Waals surface area (Å²) < 4.78 is 5.80. The van der Waals surface area contributed by atoms with Crippen LogP contribution >= 0.6 is 15.9 Å². The van der Waals surface area contributed by atoms with E-state index in [1.165, 1.54) is 12.1 Å². The summed E-state index contributed by atoms with van der Waals surface area (Å²) in [4.78, 5) is 25.4. The molecule has 1 aliphatic heterocycles. The van der Waals surface area contributed by atoms with Crippen LogP contribution in [0.1, 0.15) is 27.9 Å². The molecule has 0 saturated heterocycles. The number of methoxy groups -OCH3 is 1. The molecule has 1 heterocycles. The maximum absolute atomic E-state index is 13.1. The van der Waals surface area contributed by atoms with E-state index in [0.717, 1.165) is 29.7 Å². The van der Waals surface area contributed by atoms with Crippen LogP contribution in [0.15, 0.2) is 34.8 Å². The Balaban J connectivity index is 2.08. The molecule has 0 radical (unpaired) electrons. The standard InChI is InChI=1S/C18H17BrN2O4/c1-11-5-8-16(25-2)17-13(11)4-3-9-20(17)18(22)12-6-7-14(19)15(10-12)21(23)24/h5-8,10H,3-4,9H2,1-2H3. The van der Waals surface area contributed by atoms with Crippen LogP contribution in [0.3, 0.4) is 0 Å². The van der Waals surface area contributed by atoms with Crippen LogP contribution < -0.4 is 9.64 Å². The quantitative estimate of drug-likeness (QED) is 0.565. The molecule has 0 aliphatic carbocycles. The normalized spacial score (nSPS) is 13.3. The smallest absolute Gasteiger partial charge is 0.284 e. The first kappa shape index (κ1) is 17.4. The molecule has 3 rings (SSSR count). The minimum absolute atomic E-state index is 0.126. The third kappa shape index (κ3) is 3.11. The Morgan fingerprint density at radius 1 is 1.32 bits per heavy atom. The van der Waals surface area contributed by atoms with Gasteiger partial charge in [-0.15, -0.1) is 0 Å². The van der Waals surface area contributed by atoms with Crippen LogP contribution in [0.2, 0.25) is 0 Å². The van der Waals surface area contributed by atoms with Gasteiger partial charge in [-0.1, -0.05) is 6.07 Å². The van der Waals surface area contributed by atoms with E-state index < -0.39 is 4.92 Å². The minimum atomic E-state index is -0.504. The minimum Gasteiger partial charge on any atom is -0.495 e. The number of carbonyl (C=O) groups is 1. The Morgan fingerprint density at radius 3 is 2.76 bits per heavy atom. The predicted molar refractivity (Wildman–Crippen MR) is 98.5 cm³/mol. The van der Waals surface area contributed by atoms with E-state index in [2.05, 4.69) is 15.9 Å². The second kappa shape index (κ2) is 6.84. The predicted octanol–water partition coefficient (Wildman–Crippen LogP) is 4.27. The van der Waals surface area contributed by atoms with Gasteiger partial charge >= 0.3 is 0 Å². The van der Waals surface area contributed by atoms with E-state index in [1.807, 2.05) is 19.1 Å². The Labute approximate surface area is 153 Å². The van der Waals surface area contributed by atoms with Crippen molar-refractivity contribution in [2.24, 2.45) is 0 Å². The van der Waals surface area contributed by atoms with Gasteiger partial charge in [0.05, 0.1) is 22.2 Å². The summed E-state index contributed by atoms with van der Waals surface area (Å²) in [6, 6.07) is 8.27. The number of hydrogen-bond donors (Lipinski definition) is 0. The molecular weight excluding hydrogens is 388 g/mol. The van der Waals surface area contributed by atoms with Gasteiger partial charge in [-0.2, -0.15) is 0 Å². The van der Waals surface area contributed by atoms with Crippen LogP contribution in [0.5, 0.6) is 5.75 Å². The summed E-state index contributed by atoms with van der Waals surface area (Å²) in [5, 5.41) is 11.1. The van der Waals surface area contributed by atoms with E-state index in [9.17, 15) is 14.9 Å². The number of nitrogens with zero attached hydrogens (tertiary/aromatic N) is 2. The first-order valence-corrected chi connectivity index (χ1v) is 8.65. The first-order valence-electron chi connectivity index (χ1n) is 7.86. The van der Waals surface area contributed by atoms with Gasteiger partial charge in [0.25, 0.3) is 11.6 Å². The molecule has 6 nitrogen and oxygen atoms in total. The number of fused-ring (bicyclic) bond motifs is 1. The molecule has 7 heteroatoms. The molecule has 130 valence electrons. The summed E-state index contributed by atoms with van der Waals surface area (Å²) in [6.45, 7) is 2.56. The van der Waals surface area contributed by atoms with Crippen LogP contribution in [0.4, 0.5) is 11.4 Å². The highest BCUT2D eigenvalue weighted by molar-refractivity contribution is 9.10. The third-order valence-corrected chi connectivity index (χ3v) is 5.08. The monoisotopic (exact) mass is 404 g/mol. The van der Waals surface area contributed by atoms with Crippen molar-refractivity contribution in [2.75, 3.05) is 18.6 Å². The number of rotatable bonds is 3. The molecule has 0 aromatic heterocycles. The molecule has 2 aromatic carbocycles. The summed E-state index contributed by atoms with van der Waals surface area (Å²) in [7, 11) is 1.58. The number of ether oxygens (including phenoxy) is 1. The molecule has 1 amide bonds. The van der Waals surface area contributed by atoms with E-state index in [0.29, 0.717) is 16.8 Å². The van der Waals surface area contributed by atoms with Gasteiger partial charge in [0.2, 0.25) is 0 Å². The van der Waals surface area contributed by atoms with Crippen molar-refractivity contribution in [1.82, 2.24) is 0 Å². The summed E-state index contributed by atoms with van der Waals surface area (Å²) in [5.41, 5.74) is 3.12. The number of carbonyl (C=O) groups excluding carboxylic acids is 1. The molecule has 0 fully saturated rings. The average molecular weight is 405 g/mol. The molecule has 2 aromatic rings. The topological polar surface area (TPSA) is 72.7 Å². The van der Waals surface area contributed by atoms with Crippen molar-refractivity contribution in [2.45, 2.75) is 19.8 Å². The van der Waals surface area contributed by atoms with Crippen LogP contribution in [-0.2, 0) is 6.42 Å². The third-order valence-electron chi connectivity index (χ3n) is 4.41. The zero-order valence-corrected chi connectivity index (χ0v) is 15.5. The number of nitro groups is 1. The van der Waals surface area contributed by atoms with Gasteiger partial charge in [0.1, 0.15) is 5.75 Å². The van der Waals surface area contributed by atoms with Gasteiger partial charge in [-0.3, -0.25) is 14.9 Å². The lowest BCUT2D eigenvalue weighted by Crippen LogP contribution is -2.36. The number of anilines is 1. The highest BCUT2D eigenvalue weighted by atomic mass is 79.9. The molecule has 0 N–H and O–H groups in total. The highest BCUT2D eigenvalue weighted by Crippen LogP contribution is 2.39. The Bertz CT molecular complexity index is 866. The van der Waals surface area contributed by atoms with Crippen molar-refractivity contribution >= 4 is 33.2 Å². The van der Waals surface area contributed by atoms with Crippen LogP contribution in [0.25, 0.3) is 0 Å². The van der Waals surface area contributed by atoms with Crippen molar-refractivity contribution < 1.29 is 14.5 Å².